The summed E-state index contributed by atoms with van der Waals surface area (Å²) in [5, 5.41) is 0. The Balaban J connectivity index is 1.80. The second-order valence-electron chi connectivity index (χ2n) is 6.81. The molecule has 1 aromatic rings. The maximum absolute atomic E-state index is 6.65. The molecular weight excluding hydrogens is 230 g/mol. The molecule has 0 heterocycles. The van der Waals surface area contributed by atoms with Crippen LogP contribution < -0.4 is 5.73 Å². The first-order valence-electron chi connectivity index (χ1n) is 8.10. The summed E-state index contributed by atoms with van der Waals surface area (Å²) < 4.78 is 0. The van der Waals surface area contributed by atoms with E-state index in [2.05, 4.69) is 31.2 Å². The van der Waals surface area contributed by atoms with Crippen molar-refractivity contribution in [1.82, 2.24) is 0 Å². The Labute approximate surface area is 117 Å². The van der Waals surface area contributed by atoms with E-state index in [1.807, 2.05) is 0 Å². The minimum absolute atomic E-state index is 0.263. The van der Waals surface area contributed by atoms with Crippen LogP contribution in [0.5, 0.6) is 0 Å². The number of benzene rings is 1. The molecule has 2 aliphatic rings. The second-order valence-corrected chi connectivity index (χ2v) is 6.81. The molecule has 2 saturated carbocycles. The van der Waals surface area contributed by atoms with Crippen LogP contribution in [-0.4, -0.2) is 0 Å². The van der Waals surface area contributed by atoms with E-state index in [4.69, 9.17) is 5.73 Å². The van der Waals surface area contributed by atoms with Gasteiger partial charge in [0.2, 0.25) is 0 Å². The monoisotopic (exact) mass is 257 g/mol. The zero-order valence-electron chi connectivity index (χ0n) is 12.1. The van der Waals surface area contributed by atoms with Gasteiger partial charge in [-0.3, -0.25) is 0 Å². The van der Waals surface area contributed by atoms with Crippen LogP contribution in [0.25, 0.3) is 0 Å². The van der Waals surface area contributed by atoms with E-state index in [0.29, 0.717) is 5.92 Å². The minimum Gasteiger partial charge on any atom is -0.324 e. The maximum Gasteiger partial charge on any atom is 0.0326 e. The van der Waals surface area contributed by atoms with Gasteiger partial charge in [0.1, 0.15) is 0 Å². The van der Waals surface area contributed by atoms with E-state index in [0.717, 1.165) is 11.8 Å². The van der Waals surface area contributed by atoms with Crippen molar-refractivity contribution in [2.24, 2.45) is 17.6 Å². The zero-order chi connectivity index (χ0) is 13.2. The van der Waals surface area contributed by atoms with Crippen molar-refractivity contribution in [3.63, 3.8) is 0 Å². The molecule has 2 N–H and O–H groups in total. The molecule has 0 aliphatic heterocycles. The summed E-state index contributed by atoms with van der Waals surface area (Å²) in [7, 11) is 0. The van der Waals surface area contributed by atoms with Gasteiger partial charge in [0.15, 0.2) is 0 Å². The van der Waals surface area contributed by atoms with Crippen LogP contribution in [0.15, 0.2) is 24.3 Å². The van der Waals surface area contributed by atoms with Crippen molar-refractivity contribution < 1.29 is 0 Å². The normalized spacial score (nSPS) is 29.8. The molecule has 2 fully saturated rings. The number of hydrogen-bond acceptors (Lipinski definition) is 1. The third kappa shape index (κ3) is 2.72. The SMILES string of the molecule is CC1CCCC(C(N)c2ccccc2C2CCC2)C1. The molecule has 1 nitrogen and oxygen atoms in total. The molecule has 0 aromatic heterocycles. The first-order chi connectivity index (χ1) is 9.25. The smallest absolute Gasteiger partial charge is 0.0326 e. The third-order valence-electron chi connectivity index (χ3n) is 5.38. The molecule has 2 aliphatic carbocycles. The van der Waals surface area contributed by atoms with Gasteiger partial charge in [0, 0.05) is 6.04 Å². The molecular formula is C18H27N. The van der Waals surface area contributed by atoms with Gasteiger partial charge in [-0.15, -0.1) is 0 Å². The van der Waals surface area contributed by atoms with Crippen molar-refractivity contribution in [1.29, 1.82) is 0 Å². The van der Waals surface area contributed by atoms with Crippen LogP contribution >= 0.6 is 0 Å². The topological polar surface area (TPSA) is 26.0 Å². The average Bonchev–Trinajstić information content (AvgIpc) is 2.37. The standard InChI is InChI=1S/C18H27N/c1-13-6-4-9-15(12-13)18(19)17-11-3-2-10-16(17)14-7-5-8-14/h2-3,10-11,13-15,18H,4-9,12,19H2,1H3. The van der Waals surface area contributed by atoms with Gasteiger partial charge in [0.05, 0.1) is 0 Å². The van der Waals surface area contributed by atoms with Crippen LogP contribution in [0.2, 0.25) is 0 Å². The van der Waals surface area contributed by atoms with Gasteiger partial charge < -0.3 is 5.73 Å². The highest BCUT2D eigenvalue weighted by atomic mass is 14.7. The van der Waals surface area contributed by atoms with Gasteiger partial charge in [-0.2, -0.15) is 0 Å². The molecule has 3 atom stereocenters. The lowest BCUT2D eigenvalue weighted by Crippen LogP contribution is -2.28. The van der Waals surface area contributed by atoms with Crippen LogP contribution in [0.1, 0.15) is 75.0 Å². The highest BCUT2D eigenvalue weighted by Crippen LogP contribution is 2.42. The van der Waals surface area contributed by atoms with Crippen molar-refractivity contribution in [3.05, 3.63) is 35.4 Å². The van der Waals surface area contributed by atoms with Crippen molar-refractivity contribution in [3.8, 4) is 0 Å². The van der Waals surface area contributed by atoms with Crippen molar-refractivity contribution in [2.45, 2.75) is 63.8 Å². The lowest BCUT2D eigenvalue weighted by molar-refractivity contribution is 0.246. The Morgan fingerprint density at radius 3 is 2.47 bits per heavy atom. The first kappa shape index (κ1) is 13.2. The van der Waals surface area contributed by atoms with Crippen LogP contribution in [0.4, 0.5) is 0 Å². The summed E-state index contributed by atoms with van der Waals surface area (Å²) in [5.74, 6) is 2.36. The Morgan fingerprint density at radius 1 is 1.05 bits per heavy atom. The van der Waals surface area contributed by atoms with Gasteiger partial charge in [-0.1, -0.05) is 50.5 Å². The van der Waals surface area contributed by atoms with E-state index in [1.54, 1.807) is 5.56 Å². The first-order valence-corrected chi connectivity index (χ1v) is 8.10. The van der Waals surface area contributed by atoms with Crippen LogP contribution in [-0.2, 0) is 0 Å². The highest BCUT2D eigenvalue weighted by molar-refractivity contribution is 5.34. The molecule has 1 heteroatoms. The fraction of sp³-hybridized carbons (Fsp3) is 0.667. The number of nitrogens with two attached hydrogens (primary N) is 1. The summed E-state index contributed by atoms with van der Waals surface area (Å²) in [4.78, 5) is 0. The largest absolute Gasteiger partial charge is 0.324 e. The average molecular weight is 257 g/mol. The molecule has 0 spiro atoms. The fourth-order valence-electron chi connectivity index (χ4n) is 3.97. The molecule has 104 valence electrons. The van der Waals surface area contributed by atoms with Crippen LogP contribution in [0, 0.1) is 11.8 Å². The van der Waals surface area contributed by atoms with E-state index in [1.165, 1.54) is 50.5 Å². The van der Waals surface area contributed by atoms with E-state index < -0.39 is 0 Å². The predicted molar refractivity (Wildman–Crippen MR) is 81.1 cm³/mol. The molecule has 1 aromatic carbocycles. The summed E-state index contributed by atoms with van der Waals surface area (Å²) in [6.45, 7) is 2.39. The zero-order valence-corrected chi connectivity index (χ0v) is 12.1. The quantitative estimate of drug-likeness (QED) is 0.828. The van der Waals surface area contributed by atoms with Gasteiger partial charge >= 0.3 is 0 Å². The third-order valence-corrected chi connectivity index (χ3v) is 5.38. The van der Waals surface area contributed by atoms with Gasteiger partial charge in [0.25, 0.3) is 0 Å². The Bertz CT molecular complexity index is 421. The van der Waals surface area contributed by atoms with E-state index >= 15 is 0 Å². The summed E-state index contributed by atoms with van der Waals surface area (Å²) in [6, 6.07) is 9.24. The van der Waals surface area contributed by atoms with E-state index in [9.17, 15) is 0 Å². The number of hydrogen-bond donors (Lipinski definition) is 1. The van der Waals surface area contributed by atoms with Crippen molar-refractivity contribution >= 4 is 0 Å². The minimum atomic E-state index is 0.263. The van der Waals surface area contributed by atoms with Gasteiger partial charge in [-0.25, -0.2) is 0 Å². The molecule has 0 saturated heterocycles. The van der Waals surface area contributed by atoms with Gasteiger partial charge in [-0.05, 0) is 54.6 Å². The lowest BCUT2D eigenvalue weighted by atomic mass is 9.72. The second kappa shape index (κ2) is 5.66. The summed E-state index contributed by atoms with van der Waals surface area (Å²) >= 11 is 0. The summed E-state index contributed by atoms with van der Waals surface area (Å²) in [6.07, 6.45) is 9.54. The lowest BCUT2D eigenvalue weighted by Gasteiger charge is -2.35. The molecule has 0 amide bonds. The fourth-order valence-corrected chi connectivity index (χ4v) is 3.97. The number of rotatable bonds is 3. The van der Waals surface area contributed by atoms with Crippen molar-refractivity contribution in [2.75, 3.05) is 0 Å². The Hall–Kier alpha value is -0.820. The summed E-state index contributed by atoms with van der Waals surface area (Å²) in [5.41, 5.74) is 9.65. The molecule has 19 heavy (non-hydrogen) atoms. The molecule has 3 rings (SSSR count). The van der Waals surface area contributed by atoms with E-state index in [-0.39, 0.29) is 6.04 Å². The predicted octanol–water partition coefficient (Wildman–Crippen LogP) is 4.78. The molecule has 0 bridgehead atoms. The molecule has 3 unspecified atom stereocenters. The Kier molecular flexibility index (Phi) is 3.93. The highest BCUT2D eigenvalue weighted by Gasteiger charge is 2.29. The van der Waals surface area contributed by atoms with Crippen LogP contribution in [0.3, 0.4) is 0 Å². The maximum atomic E-state index is 6.65. The molecule has 0 radical (unpaired) electrons. The Morgan fingerprint density at radius 2 is 1.79 bits per heavy atom.